The van der Waals surface area contributed by atoms with E-state index in [1.54, 1.807) is 0 Å². The predicted molar refractivity (Wildman–Crippen MR) is 82.5 cm³/mol. The minimum absolute atomic E-state index is 0. The molecule has 98 valence electrons. The first-order valence-electron chi connectivity index (χ1n) is 5.74. The van der Waals surface area contributed by atoms with Crippen LogP contribution >= 0.6 is 17.1 Å². The summed E-state index contributed by atoms with van der Waals surface area (Å²) in [5.41, 5.74) is -2.52. The molecule has 0 aliphatic heterocycles. The summed E-state index contributed by atoms with van der Waals surface area (Å²) in [6, 6.07) is 0. The van der Waals surface area contributed by atoms with Gasteiger partial charge in [0.05, 0.1) is 6.61 Å². The van der Waals surface area contributed by atoms with Crippen LogP contribution in [0.25, 0.3) is 0 Å². The molecule has 0 amide bonds. The van der Waals surface area contributed by atoms with Crippen molar-refractivity contribution in [2.75, 3.05) is 12.4 Å². The summed E-state index contributed by atoms with van der Waals surface area (Å²) in [4.78, 5) is 9.78. The molecule has 0 aromatic carbocycles. The van der Waals surface area contributed by atoms with Crippen molar-refractivity contribution in [3.8, 4) is 0 Å². The van der Waals surface area contributed by atoms with Crippen LogP contribution in [0.1, 0.15) is 52.4 Å². The molecule has 6 heteroatoms. The molecule has 0 bridgehead atoms. The SMILES string of the molecule is CCCCCOP(O)(=S)SCCCCC.[PbH2]. The van der Waals surface area contributed by atoms with Crippen LogP contribution in [-0.2, 0) is 16.3 Å². The Morgan fingerprint density at radius 2 is 1.69 bits per heavy atom. The Balaban J connectivity index is 0. The van der Waals surface area contributed by atoms with E-state index in [1.807, 2.05) is 0 Å². The molecule has 16 heavy (non-hydrogen) atoms. The van der Waals surface area contributed by atoms with Gasteiger partial charge in [-0.15, -0.1) is 0 Å². The Morgan fingerprint density at radius 3 is 2.25 bits per heavy atom. The summed E-state index contributed by atoms with van der Waals surface area (Å²) in [7, 11) is 0. The normalized spacial score (nSPS) is 14.2. The van der Waals surface area contributed by atoms with Crippen LogP contribution in [0.2, 0.25) is 0 Å². The molecule has 0 fully saturated rings. The Hall–Kier alpha value is 1.84. The maximum atomic E-state index is 9.78. The zero-order chi connectivity index (χ0) is 11.6. The van der Waals surface area contributed by atoms with Crippen LogP contribution in [0.15, 0.2) is 0 Å². The maximum absolute atomic E-state index is 9.78. The first-order chi connectivity index (χ1) is 7.12. The topological polar surface area (TPSA) is 29.5 Å². The molecule has 0 heterocycles. The van der Waals surface area contributed by atoms with E-state index < -0.39 is 5.69 Å². The van der Waals surface area contributed by atoms with Gasteiger partial charge in [-0.05, 0) is 24.6 Å². The van der Waals surface area contributed by atoms with Crippen LogP contribution in [-0.4, -0.2) is 44.6 Å². The molecule has 1 atom stereocenters. The summed E-state index contributed by atoms with van der Waals surface area (Å²) < 4.78 is 5.36. The molecule has 0 rings (SSSR count). The molecule has 0 aromatic heterocycles. The number of hydrogen-bond donors (Lipinski definition) is 1. The monoisotopic (exact) mass is 480 g/mol. The van der Waals surface area contributed by atoms with Gasteiger partial charge >= 0.3 is 27.3 Å². The molecule has 0 saturated carbocycles. The van der Waals surface area contributed by atoms with Gasteiger partial charge in [0, 0.05) is 5.75 Å². The quantitative estimate of drug-likeness (QED) is 0.296. The van der Waals surface area contributed by atoms with Gasteiger partial charge in [-0.1, -0.05) is 50.9 Å². The summed E-state index contributed by atoms with van der Waals surface area (Å²) in [6.45, 7) is 4.93. The van der Waals surface area contributed by atoms with Gasteiger partial charge in [0.1, 0.15) is 0 Å². The van der Waals surface area contributed by atoms with Crippen molar-refractivity contribution in [1.29, 1.82) is 0 Å². The zero-order valence-electron chi connectivity index (χ0n) is 10.5. The second-order valence-corrected chi connectivity index (χ2v) is 9.85. The van der Waals surface area contributed by atoms with Crippen molar-refractivity contribution in [2.45, 2.75) is 52.4 Å². The second-order valence-electron chi connectivity index (χ2n) is 3.55. The van der Waals surface area contributed by atoms with Crippen molar-refractivity contribution >= 4 is 56.2 Å². The molecule has 2 nitrogen and oxygen atoms in total. The molecule has 0 aliphatic rings. The third-order valence-corrected chi connectivity index (χ3v) is 6.42. The predicted octanol–water partition coefficient (Wildman–Crippen LogP) is 3.42. The van der Waals surface area contributed by atoms with Crippen molar-refractivity contribution < 1.29 is 9.42 Å². The molecule has 0 aliphatic carbocycles. The second kappa shape index (κ2) is 13.3. The fourth-order valence-corrected chi connectivity index (χ4v) is 4.52. The first kappa shape index (κ1) is 20.2. The zero-order valence-corrected chi connectivity index (χ0v) is 18.5. The van der Waals surface area contributed by atoms with Crippen molar-refractivity contribution in [1.82, 2.24) is 0 Å². The van der Waals surface area contributed by atoms with Crippen LogP contribution in [0.5, 0.6) is 0 Å². The van der Waals surface area contributed by atoms with Crippen LogP contribution < -0.4 is 0 Å². The van der Waals surface area contributed by atoms with Crippen LogP contribution in [0.3, 0.4) is 0 Å². The van der Waals surface area contributed by atoms with Gasteiger partial charge in [-0.25, -0.2) is 0 Å². The van der Waals surface area contributed by atoms with E-state index in [1.165, 1.54) is 30.6 Å². The van der Waals surface area contributed by atoms with E-state index in [9.17, 15) is 4.89 Å². The van der Waals surface area contributed by atoms with Crippen LogP contribution in [0.4, 0.5) is 0 Å². The first-order valence-corrected chi connectivity index (χ1v) is 10.0. The van der Waals surface area contributed by atoms with Gasteiger partial charge in [0.25, 0.3) is 0 Å². The van der Waals surface area contributed by atoms with E-state index in [-0.39, 0.29) is 27.3 Å². The van der Waals surface area contributed by atoms with Crippen molar-refractivity contribution in [2.24, 2.45) is 0 Å². The average molecular weight is 480 g/mol. The fraction of sp³-hybridized carbons (Fsp3) is 1.00. The Morgan fingerprint density at radius 1 is 1.12 bits per heavy atom. The van der Waals surface area contributed by atoms with E-state index >= 15 is 0 Å². The van der Waals surface area contributed by atoms with Crippen molar-refractivity contribution in [3.05, 3.63) is 0 Å². The molecule has 1 N–H and O–H groups in total. The van der Waals surface area contributed by atoms with Gasteiger partial charge in [-0.2, -0.15) is 0 Å². The standard InChI is InChI=1S/C10H23O2PS2.Pb.2H/c1-3-5-7-9-12-13(11,14)15-10-8-6-4-2;;;/h3-10H2,1-2H3,(H,11,14);;;. The van der Waals surface area contributed by atoms with Gasteiger partial charge in [-0.3, -0.25) is 0 Å². The molecular formula is C10H25O2PPbS2. The number of rotatable bonds is 10. The molecule has 0 spiro atoms. The third kappa shape index (κ3) is 13.9. The average Bonchev–Trinajstić information content (AvgIpc) is 2.20. The Bertz CT molecular complexity index is 178. The minimum atomic E-state index is -2.52. The summed E-state index contributed by atoms with van der Waals surface area (Å²) >= 11 is 6.49. The van der Waals surface area contributed by atoms with Gasteiger partial charge < -0.3 is 9.42 Å². The molecule has 0 aromatic rings. The molecule has 2 radical (unpaired) electrons. The van der Waals surface area contributed by atoms with E-state index in [0.29, 0.717) is 6.61 Å². The Labute approximate surface area is 129 Å². The summed E-state index contributed by atoms with van der Waals surface area (Å²) in [6.07, 6.45) is 6.85. The molecular weight excluding hydrogens is 454 g/mol. The van der Waals surface area contributed by atoms with E-state index in [0.717, 1.165) is 25.0 Å². The van der Waals surface area contributed by atoms with Crippen LogP contribution in [0, 0.1) is 0 Å². The fourth-order valence-electron chi connectivity index (χ4n) is 1.10. The third-order valence-electron chi connectivity index (χ3n) is 2.00. The van der Waals surface area contributed by atoms with E-state index in [4.69, 9.17) is 16.3 Å². The van der Waals surface area contributed by atoms with Gasteiger partial charge in [0.2, 0.25) is 5.69 Å². The molecule has 1 unspecified atom stereocenters. The summed E-state index contributed by atoms with van der Waals surface area (Å²) in [5.74, 6) is 0.926. The Kier molecular flexibility index (Phi) is 16.7. The number of unbranched alkanes of at least 4 members (excludes halogenated alkanes) is 4. The van der Waals surface area contributed by atoms with Crippen molar-refractivity contribution in [3.63, 3.8) is 0 Å². The summed E-state index contributed by atoms with van der Waals surface area (Å²) in [5, 5.41) is 0. The molecule has 0 saturated heterocycles. The number of hydrogen-bond acceptors (Lipinski definition) is 3. The van der Waals surface area contributed by atoms with E-state index in [2.05, 4.69) is 13.8 Å². The van der Waals surface area contributed by atoms with Gasteiger partial charge in [0.15, 0.2) is 0 Å².